The zero-order valence-corrected chi connectivity index (χ0v) is 15.9. The fourth-order valence-electron chi connectivity index (χ4n) is 2.52. The molecule has 3 heterocycles. The number of nitrogens with zero attached hydrogens (tertiary/aromatic N) is 2. The summed E-state index contributed by atoms with van der Waals surface area (Å²) in [7, 11) is 0. The quantitative estimate of drug-likeness (QED) is 0.447. The Morgan fingerprint density at radius 3 is 2.80 bits per heavy atom. The number of hydrogen-bond donors (Lipinski definition) is 1. The molecular weight excluding hydrogens is 450 g/mol. The van der Waals surface area contributed by atoms with Gasteiger partial charge in [-0.25, -0.2) is 4.98 Å². The molecule has 1 N–H and O–H groups in total. The topological polar surface area (TPSA) is 59.5 Å². The number of carbonyl (C=O) groups is 1. The highest BCUT2D eigenvalue weighted by Gasteiger charge is 2.11. The lowest BCUT2D eigenvalue weighted by atomic mass is 10.1. The van der Waals surface area contributed by atoms with Crippen LogP contribution < -0.4 is 5.32 Å². The molecule has 7 heteroatoms. The van der Waals surface area contributed by atoms with Gasteiger partial charge in [-0.2, -0.15) is 0 Å². The molecule has 0 aliphatic heterocycles. The molecule has 124 valence electrons. The summed E-state index contributed by atoms with van der Waals surface area (Å²) in [4.78, 5) is 16.8. The van der Waals surface area contributed by atoms with Crippen LogP contribution >= 0.6 is 31.9 Å². The molecular formula is C18H11Br2N3O2. The Bertz CT molecular complexity index is 1070. The van der Waals surface area contributed by atoms with Gasteiger partial charge in [0.15, 0.2) is 11.4 Å². The van der Waals surface area contributed by atoms with Crippen molar-refractivity contribution < 1.29 is 9.21 Å². The second-order valence-electron chi connectivity index (χ2n) is 5.38. The molecule has 0 saturated heterocycles. The normalized spacial score (nSPS) is 11.0. The van der Waals surface area contributed by atoms with Gasteiger partial charge in [0.05, 0.1) is 16.4 Å². The van der Waals surface area contributed by atoms with Crippen molar-refractivity contribution in [3.05, 3.63) is 75.8 Å². The molecule has 0 fully saturated rings. The predicted molar refractivity (Wildman–Crippen MR) is 103 cm³/mol. The van der Waals surface area contributed by atoms with E-state index < -0.39 is 0 Å². The molecule has 4 aromatic rings. The van der Waals surface area contributed by atoms with E-state index in [9.17, 15) is 4.79 Å². The maximum atomic E-state index is 12.1. The van der Waals surface area contributed by atoms with Crippen LogP contribution in [0, 0.1) is 0 Å². The molecule has 25 heavy (non-hydrogen) atoms. The fourth-order valence-corrected chi connectivity index (χ4v) is 3.82. The van der Waals surface area contributed by atoms with E-state index in [-0.39, 0.29) is 11.7 Å². The molecule has 0 atom stereocenters. The summed E-state index contributed by atoms with van der Waals surface area (Å²) >= 11 is 6.99. The highest BCUT2D eigenvalue weighted by atomic mass is 79.9. The van der Waals surface area contributed by atoms with Gasteiger partial charge < -0.3 is 14.1 Å². The Kier molecular flexibility index (Phi) is 4.19. The molecule has 3 aromatic heterocycles. The Balaban J connectivity index is 1.67. The summed E-state index contributed by atoms with van der Waals surface area (Å²) < 4.78 is 8.90. The molecule has 1 amide bonds. The van der Waals surface area contributed by atoms with E-state index in [2.05, 4.69) is 42.2 Å². The van der Waals surface area contributed by atoms with Gasteiger partial charge in [-0.15, -0.1) is 0 Å². The summed E-state index contributed by atoms with van der Waals surface area (Å²) in [6.45, 7) is 0. The molecule has 0 radical (unpaired) electrons. The van der Waals surface area contributed by atoms with E-state index in [0.29, 0.717) is 5.69 Å². The number of halogens is 2. The zero-order chi connectivity index (χ0) is 17.4. The van der Waals surface area contributed by atoms with Gasteiger partial charge >= 0.3 is 0 Å². The Morgan fingerprint density at radius 2 is 2.00 bits per heavy atom. The van der Waals surface area contributed by atoms with Crippen molar-refractivity contribution in [2.24, 2.45) is 0 Å². The van der Waals surface area contributed by atoms with Crippen molar-refractivity contribution in [2.45, 2.75) is 0 Å². The first-order valence-corrected chi connectivity index (χ1v) is 8.98. The molecule has 1 aromatic carbocycles. The number of amides is 1. The number of pyridine rings is 1. The van der Waals surface area contributed by atoms with Crippen molar-refractivity contribution >= 4 is 49.1 Å². The van der Waals surface area contributed by atoms with Crippen LogP contribution in [0.5, 0.6) is 0 Å². The van der Waals surface area contributed by atoms with Crippen molar-refractivity contribution in [3.63, 3.8) is 0 Å². The molecule has 5 nitrogen and oxygen atoms in total. The monoisotopic (exact) mass is 459 g/mol. The van der Waals surface area contributed by atoms with Gasteiger partial charge in [-0.1, -0.05) is 12.1 Å². The fraction of sp³-hybridized carbons (Fsp3) is 0. The average Bonchev–Trinajstić information content (AvgIpc) is 3.24. The van der Waals surface area contributed by atoms with Gasteiger partial charge in [0, 0.05) is 28.1 Å². The van der Waals surface area contributed by atoms with Crippen LogP contribution in [0.3, 0.4) is 0 Å². The van der Waals surface area contributed by atoms with Crippen LogP contribution in [-0.2, 0) is 0 Å². The molecule has 0 aliphatic rings. The minimum atomic E-state index is -0.288. The summed E-state index contributed by atoms with van der Waals surface area (Å²) in [6.07, 6.45) is 5.36. The van der Waals surface area contributed by atoms with Gasteiger partial charge in [-0.05, 0) is 62.2 Å². The maximum absolute atomic E-state index is 12.1. The molecule has 0 bridgehead atoms. The lowest BCUT2D eigenvalue weighted by Gasteiger charge is -2.04. The molecule has 0 aliphatic carbocycles. The van der Waals surface area contributed by atoms with Crippen LogP contribution in [-0.4, -0.2) is 15.3 Å². The number of hydrogen-bond acceptors (Lipinski definition) is 3. The zero-order valence-electron chi connectivity index (χ0n) is 12.7. The number of fused-ring (bicyclic) bond motifs is 1. The number of nitrogens with one attached hydrogen (secondary N) is 1. The number of carbonyl (C=O) groups excluding carboxylic acids is 1. The minimum Gasteiger partial charge on any atom is -0.459 e. The van der Waals surface area contributed by atoms with E-state index in [0.717, 1.165) is 25.8 Å². The first-order valence-electron chi connectivity index (χ1n) is 7.39. The highest BCUT2D eigenvalue weighted by Crippen LogP contribution is 2.27. The Hall–Kier alpha value is -2.38. The first kappa shape index (κ1) is 16.1. The predicted octanol–water partition coefficient (Wildman–Crippen LogP) is 5.37. The molecule has 0 spiro atoms. The number of imidazole rings is 1. The summed E-state index contributed by atoms with van der Waals surface area (Å²) in [5.74, 6) is -0.0178. The molecule has 0 unspecified atom stereocenters. The van der Waals surface area contributed by atoms with Crippen LogP contribution in [0.2, 0.25) is 0 Å². The number of rotatable bonds is 3. The molecule has 4 rings (SSSR count). The summed E-state index contributed by atoms with van der Waals surface area (Å²) in [6, 6.07) is 12.8. The number of anilines is 1. The maximum Gasteiger partial charge on any atom is 0.291 e. The van der Waals surface area contributed by atoms with E-state index in [1.165, 1.54) is 6.26 Å². The second kappa shape index (κ2) is 6.50. The van der Waals surface area contributed by atoms with Crippen LogP contribution in [0.15, 0.2) is 74.5 Å². The third kappa shape index (κ3) is 3.25. The van der Waals surface area contributed by atoms with Crippen LogP contribution in [0.25, 0.3) is 16.9 Å². The first-order chi connectivity index (χ1) is 12.1. The third-order valence-electron chi connectivity index (χ3n) is 3.63. The van der Waals surface area contributed by atoms with E-state index in [1.54, 1.807) is 12.1 Å². The Labute approximate surface area is 159 Å². The van der Waals surface area contributed by atoms with E-state index in [4.69, 9.17) is 4.42 Å². The third-order valence-corrected chi connectivity index (χ3v) is 4.65. The van der Waals surface area contributed by atoms with E-state index >= 15 is 0 Å². The SMILES string of the molecule is O=C(Nc1cccc(-c2cn3cc(Br)cc(Br)c3n2)c1)c1ccco1. The second-order valence-corrected chi connectivity index (χ2v) is 7.15. The van der Waals surface area contributed by atoms with Gasteiger partial charge in [0.2, 0.25) is 0 Å². The lowest BCUT2D eigenvalue weighted by Crippen LogP contribution is -2.10. The smallest absolute Gasteiger partial charge is 0.291 e. The molecule has 0 saturated carbocycles. The number of furan rings is 1. The van der Waals surface area contributed by atoms with Gasteiger partial charge in [-0.3, -0.25) is 4.79 Å². The lowest BCUT2D eigenvalue weighted by molar-refractivity contribution is 0.0996. The van der Waals surface area contributed by atoms with Gasteiger partial charge in [0.25, 0.3) is 5.91 Å². The van der Waals surface area contributed by atoms with E-state index in [1.807, 2.05) is 47.1 Å². The number of benzene rings is 1. The van der Waals surface area contributed by atoms with Crippen molar-refractivity contribution in [2.75, 3.05) is 5.32 Å². The van der Waals surface area contributed by atoms with Gasteiger partial charge in [0.1, 0.15) is 0 Å². The average molecular weight is 461 g/mol. The minimum absolute atomic E-state index is 0.270. The van der Waals surface area contributed by atoms with Crippen LogP contribution in [0.1, 0.15) is 10.6 Å². The number of aromatic nitrogens is 2. The van der Waals surface area contributed by atoms with Crippen molar-refractivity contribution in [3.8, 4) is 11.3 Å². The summed E-state index contributed by atoms with van der Waals surface area (Å²) in [5.41, 5.74) is 3.22. The largest absolute Gasteiger partial charge is 0.459 e. The Morgan fingerprint density at radius 1 is 1.12 bits per heavy atom. The standard InChI is InChI=1S/C18H11Br2N3O2/c19-12-8-14(20)17-22-15(10-23(17)9-12)11-3-1-4-13(7-11)21-18(24)16-5-2-6-25-16/h1-10H,(H,21,24). The van der Waals surface area contributed by atoms with Crippen LogP contribution in [0.4, 0.5) is 5.69 Å². The summed E-state index contributed by atoms with van der Waals surface area (Å²) in [5, 5.41) is 2.82. The van der Waals surface area contributed by atoms with Crippen molar-refractivity contribution in [1.29, 1.82) is 0 Å². The highest BCUT2D eigenvalue weighted by molar-refractivity contribution is 9.11. The van der Waals surface area contributed by atoms with Crippen molar-refractivity contribution in [1.82, 2.24) is 9.38 Å².